The summed E-state index contributed by atoms with van der Waals surface area (Å²) in [6.45, 7) is 10.5. The number of anilines is 1. The molecule has 1 aliphatic rings. The van der Waals surface area contributed by atoms with Crippen molar-refractivity contribution in [3.05, 3.63) is 24.7 Å². The van der Waals surface area contributed by atoms with E-state index in [0.717, 1.165) is 11.4 Å². The second-order valence-corrected chi connectivity index (χ2v) is 3.89. The largest absolute Gasteiger partial charge is 0.373 e. The molecule has 0 aliphatic carbocycles. The molecule has 22 heavy (non-hydrogen) atoms. The SMILES string of the molecule is C1CCNC1.CC.CC.CNc1ccc(-c2ncon2)cn1. The van der Waals surface area contributed by atoms with E-state index < -0.39 is 0 Å². The van der Waals surface area contributed by atoms with E-state index in [0.29, 0.717) is 5.82 Å². The summed E-state index contributed by atoms with van der Waals surface area (Å²) >= 11 is 0. The molecule has 0 spiro atoms. The molecule has 0 bridgehead atoms. The number of rotatable bonds is 2. The summed E-state index contributed by atoms with van der Waals surface area (Å²) < 4.78 is 4.62. The van der Waals surface area contributed by atoms with Gasteiger partial charge in [0, 0.05) is 18.8 Å². The fraction of sp³-hybridized carbons (Fsp3) is 0.562. The molecule has 0 aromatic carbocycles. The van der Waals surface area contributed by atoms with E-state index in [4.69, 9.17) is 0 Å². The van der Waals surface area contributed by atoms with Crippen molar-refractivity contribution in [1.29, 1.82) is 0 Å². The Balaban J connectivity index is 0.000000409. The van der Waals surface area contributed by atoms with Crippen LogP contribution in [-0.2, 0) is 0 Å². The van der Waals surface area contributed by atoms with Crippen molar-refractivity contribution in [3.63, 3.8) is 0 Å². The molecule has 3 rings (SSSR count). The fourth-order valence-electron chi connectivity index (χ4n) is 1.60. The first kappa shape index (κ1) is 20.1. The number of hydrogen-bond acceptors (Lipinski definition) is 6. The Morgan fingerprint density at radius 2 is 1.73 bits per heavy atom. The summed E-state index contributed by atoms with van der Waals surface area (Å²) in [5.74, 6) is 1.36. The summed E-state index contributed by atoms with van der Waals surface area (Å²) in [7, 11) is 1.82. The molecule has 1 fully saturated rings. The molecular weight excluding hydrogens is 278 g/mol. The molecular formula is C16H29N5O. The highest BCUT2D eigenvalue weighted by Crippen LogP contribution is 2.14. The second-order valence-electron chi connectivity index (χ2n) is 3.89. The quantitative estimate of drug-likeness (QED) is 0.883. The van der Waals surface area contributed by atoms with Crippen LogP contribution >= 0.6 is 0 Å². The molecule has 2 aromatic heterocycles. The number of pyridine rings is 1. The van der Waals surface area contributed by atoms with E-state index in [2.05, 4.69) is 30.3 Å². The Morgan fingerprint density at radius 1 is 1.05 bits per heavy atom. The molecule has 0 unspecified atom stereocenters. The average molecular weight is 307 g/mol. The van der Waals surface area contributed by atoms with Gasteiger partial charge in [-0.1, -0.05) is 32.9 Å². The maximum absolute atomic E-state index is 4.62. The van der Waals surface area contributed by atoms with Gasteiger partial charge in [0.15, 0.2) is 0 Å². The third-order valence-corrected chi connectivity index (χ3v) is 2.60. The normalized spacial score (nSPS) is 11.9. The zero-order valence-corrected chi connectivity index (χ0v) is 14.4. The Hall–Kier alpha value is -1.95. The molecule has 6 heteroatoms. The van der Waals surface area contributed by atoms with Crippen LogP contribution in [0.25, 0.3) is 11.4 Å². The van der Waals surface area contributed by atoms with Crippen molar-refractivity contribution >= 4 is 5.82 Å². The molecule has 0 amide bonds. The third-order valence-electron chi connectivity index (χ3n) is 2.60. The zero-order valence-electron chi connectivity index (χ0n) is 14.4. The van der Waals surface area contributed by atoms with Crippen LogP contribution in [-0.4, -0.2) is 35.3 Å². The lowest BCUT2D eigenvalue weighted by Gasteiger charge is -1.97. The first-order valence-electron chi connectivity index (χ1n) is 8.01. The van der Waals surface area contributed by atoms with E-state index >= 15 is 0 Å². The summed E-state index contributed by atoms with van der Waals surface area (Å²) in [4.78, 5) is 8.02. The van der Waals surface area contributed by atoms with Crippen molar-refractivity contribution in [2.75, 3.05) is 25.5 Å². The van der Waals surface area contributed by atoms with Crippen LogP contribution in [0.1, 0.15) is 40.5 Å². The highest BCUT2D eigenvalue weighted by atomic mass is 16.5. The molecule has 2 N–H and O–H groups in total. The van der Waals surface area contributed by atoms with Crippen molar-refractivity contribution in [2.24, 2.45) is 0 Å². The maximum atomic E-state index is 4.62. The third kappa shape index (κ3) is 7.73. The van der Waals surface area contributed by atoms with E-state index in [1.54, 1.807) is 6.20 Å². The smallest absolute Gasteiger partial charge is 0.214 e. The van der Waals surface area contributed by atoms with E-state index in [1.807, 2.05) is 46.9 Å². The molecule has 3 heterocycles. The molecule has 0 radical (unpaired) electrons. The molecule has 6 nitrogen and oxygen atoms in total. The van der Waals surface area contributed by atoms with Crippen LogP contribution in [0.5, 0.6) is 0 Å². The van der Waals surface area contributed by atoms with Gasteiger partial charge in [0.1, 0.15) is 5.82 Å². The minimum absolute atomic E-state index is 0.551. The van der Waals surface area contributed by atoms with Crippen LogP contribution in [0.3, 0.4) is 0 Å². The van der Waals surface area contributed by atoms with Crippen LogP contribution in [0.2, 0.25) is 0 Å². The van der Waals surface area contributed by atoms with Crippen molar-refractivity contribution < 1.29 is 4.52 Å². The van der Waals surface area contributed by atoms with Crippen LogP contribution in [0.4, 0.5) is 5.82 Å². The second kappa shape index (κ2) is 14.0. The monoisotopic (exact) mass is 307 g/mol. The van der Waals surface area contributed by atoms with Crippen molar-refractivity contribution in [2.45, 2.75) is 40.5 Å². The van der Waals surface area contributed by atoms with Gasteiger partial charge in [0.25, 0.3) is 0 Å². The topological polar surface area (TPSA) is 75.9 Å². The molecule has 124 valence electrons. The Labute approximate surface area is 133 Å². The Morgan fingerprint density at radius 3 is 2.09 bits per heavy atom. The molecule has 1 saturated heterocycles. The number of nitrogens with zero attached hydrogens (tertiary/aromatic N) is 3. The number of nitrogens with one attached hydrogen (secondary N) is 2. The van der Waals surface area contributed by atoms with E-state index in [-0.39, 0.29) is 0 Å². The van der Waals surface area contributed by atoms with Gasteiger partial charge in [0.2, 0.25) is 12.2 Å². The first-order valence-corrected chi connectivity index (χ1v) is 8.01. The number of aromatic nitrogens is 3. The first-order chi connectivity index (χ1) is 10.9. The van der Waals surface area contributed by atoms with Gasteiger partial charge in [-0.3, -0.25) is 0 Å². The van der Waals surface area contributed by atoms with Gasteiger partial charge in [0.05, 0.1) is 0 Å². The summed E-state index contributed by atoms with van der Waals surface area (Å²) in [6.07, 6.45) is 5.76. The Kier molecular flexibility index (Phi) is 12.8. The Bertz CT molecular complexity index is 430. The molecule has 1 aliphatic heterocycles. The van der Waals surface area contributed by atoms with Gasteiger partial charge in [-0.25, -0.2) is 4.98 Å². The maximum Gasteiger partial charge on any atom is 0.214 e. The van der Waals surface area contributed by atoms with Crippen molar-refractivity contribution in [3.8, 4) is 11.4 Å². The zero-order chi connectivity index (χ0) is 16.6. The van der Waals surface area contributed by atoms with Crippen LogP contribution in [0, 0.1) is 0 Å². The average Bonchev–Trinajstić information content (AvgIpc) is 3.34. The summed E-state index contributed by atoms with van der Waals surface area (Å²) in [5.41, 5.74) is 0.841. The van der Waals surface area contributed by atoms with Gasteiger partial charge in [-0.2, -0.15) is 4.98 Å². The van der Waals surface area contributed by atoms with Crippen LogP contribution in [0.15, 0.2) is 29.2 Å². The van der Waals surface area contributed by atoms with Gasteiger partial charge in [-0.15, -0.1) is 0 Å². The van der Waals surface area contributed by atoms with Gasteiger partial charge in [-0.05, 0) is 38.1 Å². The lowest BCUT2D eigenvalue weighted by molar-refractivity contribution is 0.418. The highest BCUT2D eigenvalue weighted by molar-refractivity contribution is 5.54. The van der Waals surface area contributed by atoms with Crippen molar-refractivity contribution in [1.82, 2.24) is 20.4 Å². The summed E-state index contributed by atoms with van der Waals surface area (Å²) in [5, 5.41) is 9.84. The number of hydrogen-bond donors (Lipinski definition) is 2. The predicted molar refractivity (Wildman–Crippen MR) is 91.9 cm³/mol. The van der Waals surface area contributed by atoms with Gasteiger partial charge >= 0.3 is 0 Å². The highest BCUT2D eigenvalue weighted by Gasteiger charge is 2.02. The minimum Gasteiger partial charge on any atom is -0.373 e. The minimum atomic E-state index is 0.551. The summed E-state index contributed by atoms with van der Waals surface area (Å²) in [6, 6.07) is 3.73. The fourth-order valence-corrected chi connectivity index (χ4v) is 1.60. The predicted octanol–water partition coefficient (Wildman–Crippen LogP) is 3.60. The molecule has 2 aromatic rings. The standard InChI is InChI=1S/C8H8N4O.C4H9N.2C2H6/c1-9-7-3-2-6(4-10-7)8-11-5-13-12-8;1-2-4-5-3-1;2*1-2/h2-5H,1H3,(H,9,10);5H,1-4H2;2*1-2H3. The van der Waals surface area contributed by atoms with E-state index in [1.165, 1.54) is 32.3 Å². The molecule has 0 saturated carbocycles. The van der Waals surface area contributed by atoms with E-state index in [9.17, 15) is 0 Å². The lowest BCUT2D eigenvalue weighted by Crippen LogP contribution is -2.03. The van der Waals surface area contributed by atoms with Gasteiger partial charge < -0.3 is 15.2 Å². The lowest BCUT2D eigenvalue weighted by atomic mass is 10.3. The van der Waals surface area contributed by atoms with Crippen LogP contribution < -0.4 is 10.6 Å². The molecule has 0 atom stereocenters.